The van der Waals surface area contributed by atoms with E-state index < -0.39 is 0 Å². The van der Waals surface area contributed by atoms with Crippen LogP contribution in [0.3, 0.4) is 0 Å². The molecule has 1 aromatic heterocycles. The fraction of sp³-hybridized carbons (Fsp3) is 0.0545. The second-order valence-corrected chi connectivity index (χ2v) is 15.2. The first-order valence-electron chi connectivity index (χ1n) is 19.8. The van der Waals surface area contributed by atoms with E-state index in [2.05, 4.69) is 182 Å². The minimum atomic E-state index is 0.212. The molecule has 1 aliphatic heterocycles. The van der Waals surface area contributed by atoms with Gasteiger partial charge in [-0.2, -0.15) is 0 Å². The molecule has 0 bridgehead atoms. The highest BCUT2D eigenvalue weighted by atomic mass is 16.5. The van der Waals surface area contributed by atoms with E-state index in [9.17, 15) is 0 Å². The molecule has 0 spiro atoms. The third kappa shape index (κ3) is 5.98. The van der Waals surface area contributed by atoms with E-state index in [4.69, 9.17) is 9.15 Å². The van der Waals surface area contributed by atoms with Crippen molar-refractivity contribution in [3.63, 3.8) is 0 Å². The molecule has 0 saturated heterocycles. The molecule has 1 atom stereocenters. The van der Waals surface area contributed by atoms with Crippen LogP contribution in [0.2, 0.25) is 0 Å². The highest BCUT2D eigenvalue weighted by Gasteiger charge is 2.22. The molecule has 57 heavy (non-hydrogen) atoms. The van der Waals surface area contributed by atoms with E-state index in [1.54, 1.807) is 0 Å². The summed E-state index contributed by atoms with van der Waals surface area (Å²) in [6, 6.07) is 70.1. The summed E-state index contributed by atoms with van der Waals surface area (Å²) in [6.07, 6.45) is 3.89. The molecule has 0 aliphatic carbocycles. The van der Waals surface area contributed by atoms with Crippen molar-refractivity contribution in [1.82, 2.24) is 0 Å². The number of allylic oxidation sites excluding steroid dienone is 1. The minimum absolute atomic E-state index is 0.212. The fourth-order valence-electron chi connectivity index (χ4n) is 8.84. The molecular formula is C55H38O2. The molecule has 2 heteroatoms. The molecule has 2 heterocycles. The third-order valence-electron chi connectivity index (χ3n) is 11.8. The molecule has 0 radical (unpaired) electrons. The van der Waals surface area contributed by atoms with Gasteiger partial charge in [-0.15, -0.1) is 0 Å². The largest absolute Gasteiger partial charge is 0.456 e. The smallest absolute Gasteiger partial charge is 0.142 e. The van der Waals surface area contributed by atoms with Gasteiger partial charge >= 0.3 is 0 Å². The molecule has 10 aromatic rings. The Balaban J connectivity index is 0.909. The van der Waals surface area contributed by atoms with Crippen LogP contribution in [0, 0.1) is 0 Å². The first kappa shape index (κ1) is 33.2. The summed E-state index contributed by atoms with van der Waals surface area (Å²) >= 11 is 0. The molecule has 11 rings (SSSR count). The number of hydrogen-bond donors (Lipinski definition) is 0. The molecule has 1 aliphatic rings. The van der Waals surface area contributed by atoms with Gasteiger partial charge in [0.1, 0.15) is 22.7 Å². The lowest BCUT2D eigenvalue weighted by atomic mass is 9.85. The van der Waals surface area contributed by atoms with E-state index in [1.165, 1.54) is 60.5 Å². The summed E-state index contributed by atoms with van der Waals surface area (Å²) in [5, 5.41) is 7.25. The van der Waals surface area contributed by atoms with Gasteiger partial charge in [0.05, 0.1) is 5.39 Å². The van der Waals surface area contributed by atoms with Crippen LogP contribution in [0.4, 0.5) is 0 Å². The lowest BCUT2D eigenvalue weighted by Gasteiger charge is -2.20. The molecule has 9 aromatic carbocycles. The Morgan fingerprint density at radius 2 is 1.11 bits per heavy atom. The van der Waals surface area contributed by atoms with Gasteiger partial charge < -0.3 is 9.15 Å². The molecule has 0 N–H and O–H groups in total. The van der Waals surface area contributed by atoms with Gasteiger partial charge in [0.15, 0.2) is 0 Å². The van der Waals surface area contributed by atoms with Gasteiger partial charge in [0.25, 0.3) is 0 Å². The summed E-state index contributed by atoms with van der Waals surface area (Å²) in [6.45, 7) is 0. The van der Waals surface area contributed by atoms with Crippen LogP contribution in [-0.2, 0) is 12.8 Å². The zero-order chi connectivity index (χ0) is 37.7. The van der Waals surface area contributed by atoms with E-state index in [0.29, 0.717) is 0 Å². The van der Waals surface area contributed by atoms with Crippen molar-refractivity contribution in [3.05, 3.63) is 228 Å². The fourth-order valence-corrected chi connectivity index (χ4v) is 8.84. The Morgan fingerprint density at radius 1 is 0.456 bits per heavy atom. The molecular weight excluding hydrogens is 693 g/mol. The van der Waals surface area contributed by atoms with Crippen molar-refractivity contribution < 1.29 is 9.15 Å². The lowest BCUT2D eigenvalue weighted by Crippen LogP contribution is -2.05. The monoisotopic (exact) mass is 730 g/mol. The van der Waals surface area contributed by atoms with Crippen LogP contribution in [0.5, 0.6) is 5.75 Å². The number of hydrogen-bond acceptors (Lipinski definition) is 2. The highest BCUT2D eigenvalue weighted by Crippen LogP contribution is 2.43. The molecule has 0 saturated carbocycles. The number of fused-ring (bicyclic) bond motifs is 8. The number of benzene rings is 9. The Hall–Kier alpha value is -7.16. The van der Waals surface area contributed by atoms with Crippen molar-refractivity contribution >= 4 is 49.2 Å². The van der Waals surface area contributed by atoms with Crippen molar-refractivity contribution in [2.75, 3.05) is 0 Å². The molecule has 0 amide bonds. The first-order chi connectivity index (χ1) is 28.2. The predicted molar refractivity (Wildman–Crippen MR) is 237 cm³/mol. The minimum Gasteiger partial charge on any atom is -0.456 e. The average Bonchev–Trinajstić information content (AvgIpc) is 3.67. The molecule has 0 fully saturated rings. The van der Waals surface area contributed by atoms with Crippen LogP contribution in [0.25, 0.3) is 71.5 Å². The lowest BCUT2D eigenvalue weighted by molar-refractivity contribution is 0.504. The maximum atomic E-state index is 6.64. The van der Waals surface area contributed by atoms with Crippen LogP contribution >= 0.6 is 0 Å². The van der Waals surface area contributed by atoms with Crippen LogP contribution in [0.1, 0.15) is 33.7 Å². The Kier molecular flexibility index (Phi) is 8.07. The Bertz CT molecular complexity index is 3120. The maximum Gasteiger partial charge on any atom is 0.142 e. The van der Waals surface area contributed by atoms with Gasteiger partial charge in [0.2, 0.25) is 0 Å². The molecule has 1 unspecified atom stereocenters. The van der Waals surface area contributed by atoms with Crippen LogP contribution < -0.4 is 4.74 Å². The van der Waals surface area contributed by atoms with Crippen molar-refractivity contribution in [1.29, 1.82) is 0 Å². The molecule has 270 valence electrons. The normalized spacial score (nSPS) is 13.1. The SMILES string of the molecule is C1=C(c2ccccc2)Oc2c(ccc3oc4ccc(-c5ccc(C(Cc6ccc(-c7cc8ccccc8c8ccccc78)cc6)c6ccccc6)cc5)cc4c23)C1. The summed E-state index contributed by atoms with van der Waals surface area (Å²) in [5.74, 6) is 1.99. The highest BCUT2D eigenvalue weighted by molar-refractivity contribution is 6.14. The summed E-state index contributed by atoms with van der Waals surface area (Å²) in [4.78, 5) is 0. The van der Waals surface area contributed by atoms with Gasteiger partial charge in [-0.25, -0.2) is 0 Å². The zero-order valence-electron chi connectivity index (χ0n) is 31.4. The average molecular weight is 731 g/mol. The van der Waals surface area contributed by atoms with Crippen molar-refractivity contribution in [2.24, 2.45) is 0 Å². The van der Waals surface area contributed by atoms with Gasteiger partial charge in [-0.05, 0) is 109 Å². The third-order valence-corrected chi connectivity index (χ3v) is 11.8. The van der Waals surface area contributed by atoms with E-state index in [1.807, 2.05) is 18.2 Å². The van der Waals surface area contributed by atoms with Crippen molar-refractivity contribution in [2.45, 2.75) is 18.8 Å². The predicted octanol–water partition coefficient (Wildman–Crippen LogP) is 14.6. The van der Waals surface area contributed by atoms with Crippen LogP contribution in [0.15, 0.2) is 205 Å². The van der Waals surface area contributed by atoms with Gasteiger partial charge in [0, 0.05) is 16.9 Å². The first-order valence-corrected chi connectivity index (χ1v) is 19.8. The van der Waals surface area contributed by atoms with Crippen molar-refractivity contribution in [3.8, 4) is 28.0 Å². The Morgan fingerprint density at radius 3 is 1.91 bits per heavy atom. The zero-order valence-corrected chi connectivity index (χ0v) is 31.4. The van der Waals surface area contributed by atoms with Crippen LogP contribution in [-0.4, -0.2) is 0 Å². The maximum absolute atomic E-state index is 6.64. The summed E-state index contributed by atoms with van der Waals surface area (Å²) < 4.78 is 13.0. The molecule has 2 nitrogen and oxygen atoms in total. The van der Waals surface area contributed by atoms with E-state index >= 15 is 0 Å². The van der Waals surface area contributed by atoms with Gasteiger partial charge in [-0.3, -0.25) is 0 Å². The van der Waals surface area contributed by atoms with E-state index in [0.717, 1.165) is 57.4 Å². The summed E-state index contributed by atoms with van der Waals surface area (Å²) in [7, 11) is 0. The summed E-state index contributed by atoms with van der Waals surface area (Å²) in [5.41, 5.74) is 12.7. The number of ether oxygens (including phenoxy) is 1. The quantitative estimate of drug-likeness (QED) is 0.152. The number of furan rings is 1. The number of rotatable bonds is 7. The Labute approximate surface area is 331 Å². The van der Waals surface area contributed by atoms with E-state index in [-0.39, 0.29) is 5.92 Å². The topological polar surface area (TPSA) is 22.4 Å². The second-order valence-electron chi connectivity index (χ2n) is 15.2. The second kappa shape index (κ2) is 13.8. The van der Waals surface area contributed by atoms with Gasteiger partial charge in [-0.1, -0.05) is 170 Å². The standard InChI is InChI=1S/C55H38O2/c1-3-11-38(12-4-1)48(33-36-19-21-40(22-20-36)49-35-44-15-7-8-16-45(44)46-17-9-10-18-47(46)49)39-25-23-37(24-26-39)43-29-31-52-50(34-43)54-53(56-52)32-28-42-27-30-51(57-55(42)54)41-13-5-2-6-14-41/h1-26,28-32,34-35,48H,27,33H2.